The van der Waals surface area contributed by atoms with E-state index in [1.54, 1.807) is 36.4 Å². The number of aromatic nitrogens is 1. The number of hydrogen-bond donors (Lipinski definition) is 1. The third-order valence-electron chi connectivity index (χ3n) is 3.57. The molecule has 0 amide bonds. The van der Waals surface area contributed by atoms with Crippen molar-refractivity contribution >= 4 is 46.6 Å². The Morgan fingerprint density at radius 1 is 1.12 bits per heavy atom. The highest BCUT2D eigenvalue weighted by atomic mass is 35.5. The number of nitrogens with zero attached hydrogens (tertiary/aromatic N) is 1. The maximum Gasteiger partial charge on any atom is 0.314 e. The molecule has 0 saturated heterocycles. The number of halogens is 2. The number of carboxylic acids is 1. The average molecular weight is 390 g/mol. The summed E-state index contributed by atoms with van der Waals surface area (Å²) in [5.74, 6) is -1.61. The van der Waals surface area contributed by atoms with E-state index in [9.17, 15) is 9.90 Å². The largest absolute Gasteiger partial charge is 0.481 e. The minimum atomic E-state index is -0.901. The fourth-order valence-corrected chi connectivity index (χ4v) is 3.40. The van der Waals surface area contributed by atoms with E-state index in [1.807, 2.05) is 29.6 Å². The van der Waals surface area contributed by atoms with Gasteiger partial charge in [-0.1, -0.05) is 65.7 Å². The summed E-state index contributed by atoms with van der Waals surface area (Å²) >= 11 is 13.4. The standard InChI is InChI=1S/C19H13Cl2NO2S/c20-16-9-6-13(10-17(16)21)18-22-14(11-25-18)7-8-15(19(23)24)12-4-2-1-3-5-12/h1-11,15H,(H,23,24). The summed E-state index contributed by atoms with van der Waals surface area (Å²) in [6, 6.07) is 14.4. The SMILES string of the molecule is O=C(O)C(C=Cc1csc(-c2ccc(Cl)c(Cl)c2)n1)c1ccccc1. The summed E-state index contributed by atoms with van der Waals surface area (Å²) in [4.78, 5) is 16.0. The van der Waals surface area contributed by atoms with Crippen LogP contribution in [0.15, 0.2) is 60.0 Å². The quantitative estimate of drug-likeness (QED) is 0.581. The van der Waals surface area contributed by atoms with Gasteiger partial charge in [0.2, 0.25) is 0 Å². The molecule has 1 atom stereocenters. The average Bonchev–Trinajstić information content (AvgIpc) is 3.07. The normalized spacial score (nSPS) is 12.4. The van der Waals surface area contributed by atoms with E-state index in [0.717, 1.165) is 16.1 Å². The van der Waals surface area contributed by atoms with Crippen LogP contribution < -0.4 is 0 Å². The van der Waals surface area contributed by atoms with Gasteiger partial charge in [0.1, 0.15) is 10.9 Å². The molecule has 1 aromatic heterocycles. The van der Waals surface area contributed by atoms with Crippen LogP contribution in [0.3, 0.4) is 0 Å². The van der Waals surface area contributed by atoms with Gasteiger partial charge in [0.15, 0.2) is 0 Å². The predicted molar refractivity (Wildman–Crippen MR) is 103 cm³/mol. The van der Waals surface area contributed by atoms with Crippen molar-refractivity contribution in [2.24, 2.45) is 0 Å². The Morgan fingerprint density at radius 2 is 1.88 bits per heavy atom. The summed E-state index contributed by atoms with van der Waals surface area (Å²) in [5, 5.41) is 13.1. The number of aliphatic carboxylic acids is 1. The first-order chi connectivity index (χ1) is 12.0. The first-order valence-corrected chi connectivity index (χ1v) is 9.05. The van der Waals surface area contributed by atoms with E-state index in [4.69, 9.17) is 23.2 Å². The summed E-state index contributed by atoms with van der Waals surface area (Å²) in [6.45, 7) is 0. The molecule has 2 aromatic carbocycles. The molecule has 0 radical (unpaired) electrons. The van der Waals surface area contributed by atoms with Crippen molar-refractivity contribution in [2.45, 2.75) is 5.92 Å². The minimum Gasteiger partial charge on any atom is -0.481 e. The number of rotatable bonds is 5. The van der Waals surface area contributed by atoms with Crippen molar-refractivity contribution in [3.05, 3.63) is 81.3 Å². The van der Waals surface area contributed by atoms with Gasteiger partial charge in [-0.25, -0.2) is 4.98 Å². The maximum atomic E-state index is 11.5. The number of benzene rings is 2. The lowest BCUT2D eigenvalue weighted by atomic mass is 9.99. The van der Waals surface area contributed by atoms with E-state index in [2.05, 4.69) is 4.98 Å². The molecule has 1 unspecified atom stereocenters. The molecular weight excluding hydrogens is 377 g/mol. The zero-order chi connectivity index (χ0) is 17.8. The van der Waals surface area contributed by atoms with E-state index in [-0.39, 0.29) is 0 Å². The van der Waals surface area contributed by atoms with Gasteiger partial charge >= 0.3 is 5.97 Å². The second kappa shape index (κ2) is 7.83. The lowest BCUT2D eigenvalue weighted by molar-refractivity contribution is -0.137. The molecule has 0 bridgehead atoms. The van der Waals surface area contributed by atoms with Gasteiger partial charge in [0.25, 0.3) is 0 Å². The molecule has 0 fully saturated rings. The van der Waals surface area contributed by atoms with Gasteiger partial charge in [0, 0.05) is 10.9 Å². The second-order valence-electron chi connectivity index (χ2n) is 5.29. The Kier molecular flexibility index (Phi) is 5.53. The monoisotopic (exact) mass is 389 g/mol. The molecule has 0 spiro atoms. The minimum absolute atomic E-state index is 0.474. The van der Waals surface area contributed by atoms with E-state index in [1.165, 1.54) is 11.3 Å². The molecule has 6 heteroatoms. The van der Waals surface area contributed by atoms with Crippen LogP contribution >= 0.6 is 34.5 Å². The van der Waals surface area contributed by atoms with Crippen molar-refractivity contribution < 1.29 is 9.90 Å². The molecule has 1 heterocycles. The van der Waals surface area contributed by atoms with Crippen LogP contribution in [0.25, 0.3) is 16.6 Å². The Labute approximate surface area is 159 Å². The van der Waals surface area contributed by atoms with Gasteiger partial charge in [-0.2, -0.15) is 0 Å². The predicted octanol–water partition coefficient (Wildman–Crippen LogP) is 6.00. The van der Waals surface area contributed by atoms with E-state index < -0.39 is 11.9 Å². The van der Waals surface area contributed by atoms with Crippen molar-refractivity contribution in [3.8, 4) is 10.6 Å². The fourth-order valence-electron chi connectivity index (χ4n) is 2.32. The van der Waals surface area contributed by atoms with Crippen molar-refractivity contribution in [2.75, 3.05) is 0 Å². The topological polar surface area (TPSA) is 50.2 Å². The molecule has 0 aliphatic heterocycles. The molecule has 3 rings (SSSR count). The fraction of sp³-hybridized carbons (Fsp3) is 0.0526. The molecule has 3 aromatic rings. The third kappa shape index (κ3) is 4.28. The molecule has 126 valence electrons. The molecule has 0 aliphatic rings. The molecule has 0 aliphatic carbocycles. The maximum absolute atomic E-state index is 11.5. The lowest BCUT2D eigenvalue weighted by Crippen LogP contribution is -2.08. The van der Waals surface area contributed by atoms with Crippen LogP contribution in [-0.2, 0) is 4.79 Å². The number of carbonyl (C=O) groups is 1. The third-order valence-corrected chi connectivity index (χ3v) is 5.22. The van der Waals surface area contributed by atoms with Gasteiger partial charge in [0.05, 0.1) is 15.7 Å². The van der Waals surface area contributed by atoms with E-state index >= 15 is 0 Å². The highest BCUT2D eigenvalue weighted by Gasteiger charge is 2.16. The second-order valence-corrected chi connectivity index (χ2v) is 6.96. The van der Waals surface area contributed by atoms with Crippen molar-refractivity contribution in [3.63, 3.8) is 0 Å². The number of carboxylic acid groups (broad SMARTS) is 1. The molecule has 0 saturated carbocycles. The van der Waals surface area contributed by atoms with Gasteiger partial charge in [-0.15, -0.1) is 11.3 Å². The van der Waals surface area contributed by atoms with Crippen LogP contribution in [0.4, 0.5) is 0 Å². The first-order valence-electron chi connectivity index (χ1n) is 7.41. The molecular formula is C19H13Cl2NO2S. The number of thiazole rings is 1. The number of hydrogen-bond acceptors (Lipinski definition) is 3. The Balaban J connectivity index is 1.83. The smallest absolute Gasteiger partial charge is 0.314 e. The zero-order valence-corrected chi connectivity index (χ0v) is 15.2. The van der Waals surface area contributed by atoms with Crippen LogP contribution in [0.2, 0.25) is 10.0 Å². The molecule has 1 N–H and O–H groups in total. The molecule has 25 heavy (non-hydrogen) atoms. The molecule has 3 nitrogen and oxygen atoms in total. The zero-order valence-electron chi connectivity index (χ0n) is 12.9. The highest BCUT2D eigenvalue weighted by molar-refractivity contribution is 7.13. The van der Waals surface area contributed by atoms with Crippen LogP contribution in [0, 0.1) is 0 Å². The van der Waals surface area contributed by atoms with Crippen molar-refractivity contribution in [1.82, 2.24) is 4.98 Å². The lowest BCUT2D eigenvalue weighted by Gasteiger charge is -2.07. The summed E-state index contributed by atoms with van der Waals surface area (Å²) in [5.41, 5.74) is 2.30. The first kappa shape index (κ1) is 17.7. The van der Waals surface area contributed by atoms with Gasteiger partial charge in [-0.05, 0) is 23.8 Å². The van der Waals surface area contributed by atoms with Gasteiger partial charge < -0.3 is 5.11 Å². The Morgan fingerprint density at radius 3 is 2.56 bits per heavy atom. The van der Waals surface area contributed by atoms with Crippen LogP contribution in [0.5, 0.6) is 0 Å². The van der Waals surface area contributed by atoms with Crippen LogP contribution in [-0.4, -0.2) is 16.1 Å². The summed E-state index contributed by atoms with van der Waals surface area (Å²) in [7, 11) is 0. The van der Waals surface area contributed by atoms with Crippen LogP contribution in [0.1, 0.15) is 17.2 Å². The Bertz CT molecular complexity index is 922. The summed E-state index contributed by atoms with van der Waals surface area (Å²) in [6.07, 6.45) is 3.37. The van der Waals surface area contributed by atoms with Crippen molar-refractivity contribution in [1.29, 1.82) is 0 Å². The highest BCUT2D eigenvalue weighted by Crippen LogP contribution is 2.30. The Hall–Kier alpha value is -2.14. The summed E-state index contributed by atoms with van der Waals surface area (Å²) < 4.78 is 0. The van der Waals surface area contributed by atoms with E-state index in [0.29, 0.717) is 15.7 Å². The van der Waals surface area contributed by atoms with Gasteiger partial charge in [-0.3, -0.25) is 4.79 Å².